The van der Waals surface area contributed by atoms with Crippen molar-refractivity contribution < 1.29 is 17.9 Å². The number of nitrogens with zero attached hydrogens (tertiary/aromatic N) is 3. The molecule has 7 nitrogen and oxygen atoms in total. The van der Waals surface area contributed by atoms with Crippen molar-refractivity contribution in [2.75, 3.05) is 53.4 Å². The first-order chi connectivity index (χ1) is 12.8. The number of benzene rings is 1. The van der Waals surface area contributed by atoms with Crippen molar-refractivity contribution in [3.8, 4) is 5.75 Å². The number of ether oxygens (including phenoxy) is 1. The minimum absolute atomic E-state index is 0.118. The van der Waals surface area contributed by atoms with E-state index in [2.05, 4.69) is 0 Å². The Morgan fingerprint density at radius 1 is 1.22 bits per heavy atom. The lowest BCUT2D eigenvalue weighted by Crippen LogP contribution is -2.53. The van der Waals surface area contributed by atoms with Crippen molar-refractivity contribution in [2.45, 2.75) is 24.7 Å². The van der Waals surface area contributed by atoms with Crippen LogP contribution in [0.15, 0.2) is 29.2 Å². The monoisotopic (exact) mass is 395 g/mol. The number of hydrogen-bond donors (Lipinski definition) is 0. The highest BCUT2D eigenvalue weighted by atomic mass is 32.2. The standard InChI is InChI=1S/C19H29N3O4S/c1-4-22-14-19(9-11-21(12-10-19)18(23)13-20(2)3)15-26-16-7-5-6-8-17(16)27(22,24)25/h5-8H,4,9-15H2,1-3H3. The topological polar surface area (TPSA) is 70.2 Å². The van der Waals surface area contributed by atoms with Crippen LogP contribution in [0.3, 0.4) is 0 Å². The third-order valence-electron chi connectivity index (χ3n) is 5.49. The molecule has 2 heterocycles. The lowest BCUT2D eigenvalue weighted by molar-refractivity contribution is -0.134. The predicted octanol–water partition coefficient (Wildman–Crippen LogP) is 1.26. The Hall–Kier alpha value is -1.64. The average Bonchev–Trinajstić information content (AvgIpc) is 2.64. The summed E-state index contributed by atoms with van der Waals surface area (Å²) in [6.07, 6.45) is 1.47. The van der Waals surface area contributed by atoms with Crippen molar-refractivity contribution in [2.24, 2.45) is 5.41 Å². The summed E-state index contributed by atoms with van der Waals surface area (Å²) >= 11 is 0. The number of sulfonamides is 1. The maximum atomic E-state index is 13.1. The largest absolute Gasteiger partial charge is 0.492 e. The molecule has 1 fully saturated rings. The number of likely N-dealkylation sites (N-methyl/N-ethyl adjacent to an activating group) is 1. The van der Waals surface area contributed by atoms with E-state index in [-0.39, 0.29) is 16.2 Å². The van der Waals surface area contributed by atoms with Gasteiger partial charge in [-0.25, -0.2) is 8.42 Å². The van der Waals surface area contributed by atoms with Crippen LogP contribution in [0.4, 0.5) is 0 Å². The van der Waals surface area contributed by atoms with Crippen molar-refractivity contribution in [1.82, 2.24) is 14.1 Å². The van der Waals surface area contributed by atoms with E-state index in [9.17, 15) is 13.2 Å². The van der Waals surface area contributed by atoms with E-state index < -0.39 is 10.0 Å². The highest BCUT2D eigenvalue weighted by Gasteiger charge is 2.43. The van der Waals surface area contributed by atoms with Gasteiger partial charge in [0.05, 0.1) is 13.2 Å². The van der Waals surface area contributed by atoms with Crippen molar-refractivity contribution in [3.05, 3.63) is 24.3 Å². The summed E-state index contributed by atoms with van der Waals surface area (Å²) in [5.74, 6) is 0.535. The summed E-state index contributed by atoms with van der Waals surface area (Å²) in [5.41, 5.74) is -0.272. The lowest BCUT2D eigenvalue weighted by atomic mass is 9.78. The van der Waals surface area contributed by atoms with Crippen LogP contribution >= 0.6 is 0 Å². The molecule has 0 radical (unpaired) electrons. The van der Waals surface area contributed by atoms with Crippen LogP contribution in [-0.4, -0.2) is 81.9 Å². The second-order valence-corrected chi connectivity index (χ2v) is 9.69. The van der Waals surface area contributed by atoms with Crippen molar-refractivity contribution in [3.63, 3.8) is 0 Å². The van der Waals surface area contributed by atoms with Crippen LogP contribution in [0.5, 0.6) is 5.75 Å². The number of fused-ring (bicyclic) bond motifs is 1. The molecule has 2 aliphatic rings. The van der Waals surface area contributed by atoms with Gasteiger partial charge in [0.2, 0.25) is 15.9 Å². The van der Waals surface area contributed by atoms with E-state index in [0.717, 1.165) is 12.8 Å². The number of carbonyl (C=O) groups is 1. The maximum Gasteiger partial charge on any atom is 0.246 e. The Labute approximate surface area is 161 Å². The van der Waals surface area contributed by atoms with E-state index >= 15 is 0 Å². The Balaban J connectivity index is 1.82. The Bertz CT molecular complexity index is 786. The van der Waals surface area contributed by atoms with Gasteiger partial charge in [0, 0.05) is 31.6 Å². The minimum atomic E-state index is -3.59. The molecule has 27 heavy (non-hydrogen) atoms. The second kappa shape index (κ2) is 7.77. The van der Waals surface area contributed by atoms with Crippen LogP contribution in [0.25, 0.3) is 0 Å². The second-order valence-electron chi connectivity index (χ2n) is 7.79. The first-order valence-electron chi connectivity index (χ1n) is 9.42. The van der Waals surface area contributed by atoms with Gasteiger partial charge >= 0.3 is 0 Å². The van der Waals surface area contributed by atoms with E-state index in [4.69, 9.17) is 4.74 Å². The SMILES string of the molecule is CCN1CC2(CCN(C(=O)CN(C)C)CC2)COc2ccccc2S1(=O)=O. The molecule has 0 N–H and O–H groups in total. The van der Waals surface area contributed by atoms with E-state index in [1.165, 1.54) is 0 Å². The van der Waals surface area contributed by atoms with Gasteiger partial charge in [-0.1, -0.05) is 19.1 Å². The van der Waals surface area contributed by atoms with E-state index in [0.29, 0.717) is 45.1 Å². The fourth-order valence-corrected chi connectivity index (χ4v) is 5.54. The molecule has 2 aliphatic heterocycles. The zero-order valence-corrected chi connectivity index (χ0v) is 17.2. The third-order valence-corrected chi connectivity index (χ3v) is 7.45. The van der Waals surface area contributed by atoms with Gasteiger partial charge in [-0.3, -0.25) is 4.79 Å². The normalized spacial score (nSPS) is 22.0. The van der Waals surface area contributed by atoms with E-state index in [1.807, 2.05) is 30.8 Å². The lowest BCUT2D eigenvalue weighted by Gasteiger charge is -2.45. The summed E-state index contributed by atoms with van der Waals surface area (Å²) in [7, 11) is 0.172. The van der Waals surface area contributed by atoms with Gasteiger partial charge < -0.3 is 14.5 Å². The molecule has 3 rings (SSSR count). The quantitative estimate of drug-likeness (QED) is 0.771. The fraction of sp³-hybridized carbons (Fsp3) is 0.632. The Morgan fingerprint density at radius 2 is 1.89 bits per heavy atom. The first kappa shape index (κ1) is 20.1. The van der Waals surface area contributed by atoms with Crippen LogP contribution in [0, 0.1) is 5.41 Å². The highest BCUT2D eigenvalue weighted by molar-refractivity contribution is 7.89. The molecular weight excluding hydrogens is 366 g/mol. The van der Waals surface area contributed by atoms with Crippen LogP contribution in [0.2, 0.25) is 0 Å². The fourth-order valence-electron chi connectivity index (χ4n) is 3.84. The molecular formula is C19H29N3O4S. The molecule has 1 aromatic rings. The molecule has 150 valence electrons. The van der Waals surface area contributed by atoms with E-state index in [1.54, 1.807) is 28.6 Å². The Kier molecular flexibility index (Phi) is 5.79. The molecule has 8 heteroatoms. The van der Waals surface area contributed by atoms with Gasteiger partial charge in [0.15, 0.2) is 0 Å². The molecule has 1 aromatic carbocycles. The molecule has 1 spiro atoms. The summed E-state index contributed by atoms with van der Waals surface area (Å²) in [6, 6.07) is 6.84. The van der Waals surface area contributed by atoms with Gasteiger partial charge in [0.25, 0.3) is 0 Å². The number of para-hydroxylation sites is 1. The smallest absolute Gasteiger partial charge is 0.246 e. The predicted molar refractivity (Wildman–Crippen MR) is 103 cm³/mol. The van der Waals surface area contributed by atoms with Crippen LogP contribution in [-0.2, 0) is 14.8 Å². The molecule has 1 saturated heterocycles. The summed E-state index contributed by atoms with van der Waals surface area (Å²) in [4.78, 5) is 16.3. The molecule has 0 bridgehead atoms. The van der Waals surface area contributed by atoms with Crippen molar-refractivity contribution >= 4 is 15.9 Å². The number of carbonyl (C=O) groups excluding carboxylic acids is 1. The number of hydrogen-bond acceptors (Lipinski definition) is 5. The van der Waals surface area contributed by atoms with Gasteiger partial charge in [-0.15, -0.1) is 0 Å². The van der Waals surface area contributed by atoms with Gasteiger partial charge in [-0.2, -0.15) is 4.31 Å². The summed E-state index contributed by atoms with van der Waals surface area (Å²) in [5, 5.41) is 0. The van der Waals surface area contributed by atoms with Crippen LogP contribution in [0.1, 0.15) is 19.8 Å². The maximum absolute atomic E-state index is 13.1. The van der Waals surface area contributed by atoms with Crippen molar-refractivity contribution in [1.29, 1.82) is 0 Å². The van der Waals surface area contributed by atoms with Gasteiger partial charge in [0.1, 0.15) is 10.6 Å². The highest BCUT2D eigenvalue weighted by Crippen LogP contribution is 2.39. The zero-order chi connectivity index (χ0) is 19.7. The Morgan fingerprint density at radius 3 is 2.52 bits per heavy atom. The van der Waals surface area contributed by atoms with Gasteiger partial charge in [-0.05, 0) is 39.1 Å². The minimum Gasteiger partial charge on any atom is -0.492 e. The number of piperidine rings is 1. The molecule has 0 unspecified atom stereocenters. The number of rotatable bonds is 3. The number of likely N-dealkylation sites (tertiary alicyclic amines) is 1. The molecule has 0 aliphatic carbocycles. The third kappa shape index (κ3) is 4.12. The summed E-state index contributed by atoms with van der Waals surface area (Å²) < 4.78 is 33.8. The summed E-state index contributed by atoms with van der Waals surface area (Å²) in [6.45, 7) is 4.84. The molecule has 0 saturated carbocycles. The zero-order valence-electron chi connectivity index (χ0n) is 16.3. The molecule has 0 aromatic heterocycles. The average molecular weight is 396 g/mol. The molecule has 1 amide bonds. The first-order valence-corrected chi connectivity index (χ1v) is 10.9. The van der Waals surface area contributed by atoms with Crippen LogP contribution < -0.4 is 4.74 Å². The molecule has 0 atom stereocenters. The number of amides is 1.